The molecule has 0 bridgehead atoms. The fraction of sp³-hybridized carbons (Fsp3) is 0.111. The zero-order valence-corrected chi connectivity index (χ0v) is 7.88. The summed E-state index contributed by atoms with van der Waals surface area (Å²) < 4.78 is 35.0. The molecule has 0 fully saturated rings. The van der Waals surface area contributed by atoms with Crippen LogP contribution in [-0.2, 0) is 9.84 Å². The van der Waals surface area contributed by atoms with E-state index in [0.717, 1.165) is 6.92 Å². The van der Waals surface area contributed by atoms with E-state index in [-0.39, 0.29) is 4.90 Å². The highest BCUT2D eigenvalue weighted by atomic mass is 32.2. The highest BCUT2D eigenvalue weighted by Gasteiger charge is 2.10. The first-order valence-corrected chi connectivity index (χ1v) is 5.21. The molecule has 0 saturated carbocycles. The van der Waals surface area contributed by atoms with Crippen molar-refractivity contribution >= 4 is 9.84 Å². The molecule has 0 N–H and O–H groups in total. The molecule has 0 aliphatic carbocycles. The van der Waals surface area contributed by atoms with Crippen molar-refractivity contribution in [1.29, 1.82) is 0 Å². The van der Waals surface area contributed by atoms with Crippen molar-refractivity contribution in [1.82, 2.24) is 0 Å². The van der Waals surface area contributed by atoms with Crippen LogP contribution in [0.15, 0.2) is 46.5 Å². The number of halogens is 1. The summed E-state index contributed by atoms with van der Waals surface area (Å²) in [6, 6.07) is 7.73. The van der Waals surface area contributed by atoms with Crippen LogP contribution in [0.1, 0.15) is 6.92 Å². The standard InChI is InChI=1S/C9H9FO2S/c1-8(10)7-13(11,12)9-5-3-2-4-6-9/h2-7H,1H3/b8-7-. The largest absolute Gasteiger partial charge is 0.219 e. The molecule has 70 valence electrons. The molecule has 1 rings (SSSR count). The molecule has 0 spiro atoms. The van der Waals surface area contributed by atoms with Crippen LogP contribution in [0.5, 0.6) is 0 Å². The number of hydrogen-bond acceptors (Lipinski definition) is 2. The summed E-state index contributed by atoms with van der Waals surface area (Å²) in [5.74, 6) is -0.719. The van der Waals surface area contributed by atoms with Crippen LogP contribution < -0.4 is 0 Å². The van der Waals surface area contributed by atoms with Crippen molar-refractivity contribution in [3.63, 3.8) is 0 Å². The molecule has 0 unspecified atom stereocenters. The third-order valence-electron chi connectivity index (χ3n) is 1.39. The second kappa shape index (κ2) is 3.70. The lowest BCUT2D eigenvalue weighted by molar-refractivity contribution is 0.599. The Morgan fingerprint density at radius 2 is 1.85 bits per heavy atom. The van der Waals surface area contributed by atoms with Gasteiger partial charge in [0.2, 0.25) is 9.84 Å². The van der Waals surface area contributed by atoms with E-state index in [4.69, 9.17) is 0 Å². The summed E-state index contributed by atoms with van der Waals surface area (Å²) in [5.41, 5.74) is 0. The Bertz CT molecular complexity index is 403. The molecule has 0 aliphatic rings. The Morgan fingerprint density at radius 1 is 1.31 bits per heavy atom. The smallest absolute Gasteiger partial charge is 0.202 e. The lowest BCUT2D eigenvalue weighted by Gasteiger charge is -1.96. The highest BCUT2D eigenvalue weighted by molar-refractivity contribution is 7.94. The van der Waals surface area contributed by atoms with E-state index in [1.165, 1.54) is 12.1 Å². The lowest BCUT2D eigenvalue weighted by Crippen LogP contribution is -1.95. The minimum absolute atomic E-state index is 0.104. The summed E-state index contributed by atoms with van der Waals surface area (Å²) in [7, 11) is -3.60. The molecule has 0 aromatic heterocycles. The van der Waals surface area contributed by atoms with Gasteiger partial charge in [-0.2, -0.15) is 0 Å². The maximum absolute atomic E-state index is 12.4. The molecule has 0 aliphatic heterocycles. The molecule has 1 aromatic rings. The molecule has 0 amide bonds. The summed E-state index contributed by atoms with van der Waals surface area (Å²) in [6.45, 7) is 1.10. The van der Waals surface area contributed by atoms with Crippen molar-refractivity contribution in [3.8, 4) is 0 Å². The van der Waals surface area contributed by atoms with Gasteiger partial charge in [0.15, 0.2) is 0 Å². The molecule has 0 saturated heterocycles. The van der Waals surface area contributed by atoms with Crippen molar-refractivity contribution in [2.45, 2.75) is 11.8 Å². The van der Waals surface area contributed by atoms with Crippen LogP contribution in [-0.4, -0.2) is 8.42 Å². The quantitative estimate of drug-likeness (QED) is 0.734. The van der Waals surface area contributed by atoms with Gasteiger partial charge in [-0.15, -0.1) is 0 Å². The van der Waals surface area contributed by atoms with Crippen LogP contribution in [0.25, 0.3) is 0 Å². The average Bonchev–Trinajstić information content (AvgIpc) is 2.04. The lowest BCUT2D eigenvalue weighted by atomic mass is 10.4. The second-order valence-electron chi connectivity index (χ2n) is 2.56. The Hall–Kier alpha value is -1.16. The van der Waals surface area contributed by atoms with Gasteiger partial charge in [0.05, 0.1) is 10.3 Å². The molecule has 0 radical (unpaired) electrons. The third kappa shape index (κ3) is 2.66. The molecule has 0 heterocycles. The van der Waals surface area contributed by atoms with Gasteiger partial charge in [-0.05, 0) is 19.1 Å². The maximum atomic E-state index is 12.4. The molecule has 1 aromatic carbocycles. The number of sulfone groups is 1. The van der Waals surface area contributed by atoms with Crippen LogP contribution in [0.4, 0.5) is 4.39 Å². The number of hydrogen-bond donors (Lipinski definition) is 0. The van der Waals surface area contributed by atoms with Crippen LogP contribution in [0, 0.1) is 0 Å². The normalized spacial score (nSPS) is 12.9. The van der Waals surface area contributed by atoms with E-state index in [1.807, 2.05) is 0 Å². The Labute approximate surface area is 76.6 Å². The van der Waals surface area contributed by atoms with Gasteiger partial charge in [0.1, 0.15) is 5.83 Å². The third-order valence-corrected chi connectivity index (χ3v) is 2.95. The first kappa shape index (κ1) is 9.92. The van der Waals surface area contributed by atoms with Crippen molar-refractivity contribution < 1.29 is 12.8 Å². The van der Waals surface area contributed by atoms with Gasteiger partial charge in [0, 0.05) is 0 Å². The zero-order chi connectivity index (χ0) is 9.90. The molecule has 13 heavy (non-hydrogen) atoms. The predicted octanol–water partition coefficient (Wildman–Crippen LogP) is 2.29. The highest BCUT2D eigenvalue weighted by Crippen LogP contribution is 2.13. The molecule has 2 nitrogen and oxygen atoms in total. The van der Waals surface area contributed by atoms with E-state index in [1.54, 1.807) is 18.2 Å². The topological polar surface area (TPSA) is 34.1 Å². The molecular weight excluding hydrogens is 191 g/mol. The van der Waals surface area contributed by atoms with Crippen LogP contribution >= 0.6 is 0 Å². The molecular formula is C9H9FO2S. The van der Waals surface area contributed by atoms with Crippen LogP contribution in [0.3, 0.4) is 0 Å². The number of benzene rings is 1. The zero-order valence-electron chi connectivity index (χ0n) is 7.07. The van der Waals surface area contributed by atoms with Gasteiger partial charge in [-0.3, -0.25) is 0 Å². The maximum Gasteiger partial charge on any atom is 0.202 e. The van der Waals surface area contributed by atoms with Crippen molar-refractivity contribution in [2.24, 2.45) is 0 Å². The van der Waals surface area contributed by atoms with Gasteiger partial charge in [-0.25, -0.2) is 12.8 Å². The minimum atomic E-state index is -3.60. The van der Waals surface area contributed by atoms with Gasteiger partial charge < -0.3 is 0 Å². The van der Waals surface area contributed by atoms with E-state index in [9.17, 15) is 12.8 Å². The predicted molar refractivity (Wildman–Crippen MR) is 48.5 cm³/mol. The summed E-state index contributed by atoms with van der Waals surface area (Å²) >= 11 is 0. The van der Waals surface area contributed by atoms with E-state index in [2.05, 4.69) is 0 Å². The van der Waals surface area contributed by atoms with E-state index in [0.29, 0.717) is 5.41 Å². The monoisotopic (exact) mass is 200 g/mol. The average molecular weight is 200 g/mol. The summed E-state index contributed by atoms with van der Waals surface area (Å²) in [6.07, 6.45) is 0. The van der Waals surface area contributed by atoms with Gasteiger partial charge in [-0.1, -0.05) is 18.2 Å². The fourth-order valence-electron chi connectivity index (χ4n) is 0.892. The van der Waals surface area contributed by atoms with Gasteiger partial charge >= 0.3 is 0 Å². The summed E-state index contributed by atoms with van der Waals surface area (Å²) in [4.78, 5) is 0.104. The van der Waals surface area contributed by atoms with E-state index >= 15 is 0 Å². The minimum Gasteiger partial charge on any atom is -0.219 e. The Morgan fingerprint density at radius 3 is 2.31 bits per heavy atom. The first-order chi connectivity index (χ1) is 6.02. The fourth-order valence-corrected chi connectivity index (χ4v) is 1.99. The van der Waals surface area contributed by atoms with Gasteiger partial charge in [0.25, 0.3) is 0 Å². The Balaban J connectivity index is 3.18. The first-order valence-electron chi connectivity index (χ1n) is 3.66. The van der Waals surface area contributed by atoms with Crippen molar-refractivity contribution in [3.05, 3.63) is 41.6 Å². The van der Waals surface area contributed by atoms with Crippen molar-refractivity contribution in [2.75, 3.05) is 0 Å². The Kier molecular flexibility index (Phi) is 2.83. The van der Waals surface area contributed by atoms with Crippen LogP contribution in [0.2, 0.25) is 0 Å². The van der Waals surface area contributed by atoms with E-state index < -0.39 is 15.7 Å². The molecule has 0 atom stereocenters. The number of rotatable bonds is 2. The second-order valence-corrected chi connectivity index (χ2v) is 4.36. The SMILES string of the molecule is C/C(F)=C/S(=O)(=O)c1ccccc1. The number of allylic oxidation sites excluding steroid dienone is 1. The molecule has 4 heteroatoms. The summed E-state index contributed by atoms with van der Waals surface area (Å²) in [5, 5.41) is 0.613.